The second-order valence-corrected chi connectivity index (χ2v) is 4.50. The Balaban J connectivity index is 0.00000180. The summed E-state index contributed by atoms with van der Waals surface area (Å²) in [6.45, 7) is 3.81. The fourth-order valence-corrected chi connectivity index (χ4v) is 1.96. The average Bonchev–Trinajstić information content (AvgIpc) is 2.85. The summed E-state index contributed by atoms with van der Waals surface area (Å²) in [7, 11) is 0. The molecular weight excluding hydrogens is 301 g/mol. The van der Waals surface area contributed by atoms with Gasteiger partial charge >= 0.3 is 0 Å². The van der Waals surface area contributed by atoms with Crippen LogP contribution in [0.1, 0.15) is 18.4 Å². The SMILES string of the molecule is Cc1cnccc1NC(=O)CNCC1CCCO1.Cl.Cl. The molecule has 20 heavy (non-hydrogen) atoms. The van der Waals surface area contributed by atoms with Gasteiger partial charge in [0.2, 0.25) is 5.91 Å². The molecule has 1 atom stereocenters. The van der Waals surface area contributed by atoms with Crippen molar-refractivity contribution in [1.82, 2.24) is 10.3 Å². The standard InChI is InChI=1S/C13H19N3O2.2ClH/c1-10-7-14-5-4-12(10)16-13(17)9-15-8-11-3-2-6-18-11;;/h4-5,7,11,15H,2-3,6,8-9H2,1H3,(H,14,16,17);2*1H. The van der Waals surface area contributed by atoms with Crippen LogP contribution in [0.4, 0.5) is 5.69 Å². The number of nitrogens with one attached hydrogen (secondary N) is 2. The van der Waals surface area contributed by atoms with E-state index in [0.717, 1.165) is 37.2 Å². The molecule has 5 nitrogen and oxygen atoms in total. The van der Waals surface area contributed by atoms with Crippen LogP contribution in [0.15, 0.2) is 18.5 Å². The van der Waals surface area contributed by atoms with Crippen molar-refractivity contribution < 1.29 is 9.53 Å². The fourth-order valence-electron chi connectivity index (χ4n) is 1.96. The molecule has 2 N–H and O–H groups in total. The van der Waals surface area contributed by atoms with Crippen molar-refractivity contribution in [2.75, 3.05) is 25.0 Å². The third-order valence-electron chi connectivity index (χ3n) is 2.98. The topological polar surface area (TPSA) is 63.2 Å². The molecule has 1 unspecified atom stereocenters. The van der Waals surface area contributed by atoms with Gasteiger partial charge in [0, 0.05) is 31.2 Å². The predicted octanol–water partition coefficient (Wildman–Crippen LogP) is 1.94. The largest absolute Gasteiger partial charge is 0.377 e. The van der Waals surface area contributed by atoms with E-state index in [0.29, 0.717) is 6.54 Å². The van der Waals surface area contributed by atoms with Gasteiger partial charge in [0.15, 0.2) is 0 Å². The Kier molecular flexibility index (Phi) is 9.50. The zero-order valence-electron chi connectivity index (χ0n) is 11.4. The van der Waals surface area contributed by atoms with Crippen LogP contribution in [0.2, 0.25) is 0 Å². The van der Waals surface area contributed by atoms with Gasteiger partial charge in [-0.25, -0.2) is 0 Å². The van der Waals surface area contributed by atoms with Crippen LogP contribution >= 0.6 is 24.8 Å². The summed E-state index contributed by atoms with van der Waals surface area (Å²) in [6, 6.07) is 1.80. The van der Waals surface area contributed by atoms with Crippen LogP contribution < -0.4 is 10.6 Å². The monoisotopic (exact) mass is 321 g/mol. The molecule has 0 radical (unpaired) electrons. The molecule has 2 rings (SSSR count). The van der Waals surface area contributed by atoms with Gasteiger partial charge in [0.25, 0.3) is 0 Å². The number of aromatic nitrogens is 1. The Morgan fingerprint density at radius 2 is 2.30 bits per heavy atom. The molecule has 1 aliphatic heterocycles. The van der Waals surface area contributed by atoms with Crippen molar-refractivity contribution in [3.63, 3.8) is 0 Å². The third-order valence-corrected chi connectivity index (χ3v) is 2.98. The highest BCUT2D eigenvalue weighted by Crippen LogP contribution is 2.11. The molecule has 0 bridgehead atoms. The first-order chi connectivity index (χ1) is 8.75. The summed E-state index contributed by atoms with van der Waals surface area (Å²) in [6.07, 6.45) is 5.87. The Morgan fingerprint density at radius 3 is 2.95 bits per heavy atom. The maximum atomic E-state index is 11.7. The molecule has 0 spiro atoms. The number of hydrogen-bond donors (Lipinski definition) is 2. The Morgan fingerprint density at radius 1 is 1.50 bits per heavy atom. The predicted molar refractivity (Wildman–Crippen MR) is 83.9 cm³/mol. The lowest BCUT2D eigenvalue weighted by Crippen LogP contribution is -2.33. The van der Waals surface area contributed by atoms with Crippen LogP contribution in [0, 0.1) is 6.92 Å². The first kappa shape index (κ1) is 19.1. The molecule has 0 aromatic carbocycles. The van der Waals surface area contributed by atoms with Crippen LogP contribution in [-0.4, -0.2) is 36.7 Å². The van der Waals surface area contributed by atoms with E-state index in [1.165, 1.54) is 0 Å². The van der Waals surface area contributed by atoms with Gasteiger partial charge in [0.1, 0.15) is 0 Å². The highest BCUT2D eigenvalue weighted by atomic mass is 35.5. The summed E-state index contributed by atoms with van der Waals surface area (Å²) < 4.78 is 5.47. The minimum absolute atomic E-state index is 0. The minimum Gasteiger partial charge on any atom is -0.377 e. The van der Waals surface area contributed by atoms with Crippen molar-refractivity contribution in [1.29, 1.82) is 0 Å². The number of halogens is 2. The van der Waals surface area contributed by atoms with Gasteiger partial charge in [-0.3, -0.25) is 9.78 Å². The number of carbonyl (C=O) groups is 1. The van der Waals surface area contributed by atoms with Crippen molar-refractivity contribution in [2.24, 2.45) is 0 Å². The number of anilines is 1. The molecule has 1 aromatic heterocycles. The smallest absolute Gasteiger partial charge is 0.238 e. The molecule has 1 saturated heterocycles. The molecule has 1 amide bonds. The number of rotatable bonds is 5. The van der Waals surface area contributed by atoms with Crippen molar-refractivity contribution in [3.8, 4) is 0 Å². The van der Waals surface area contributed by atoms with Crippen LogP contribution in [-0.2, 0) is 9.53 Å². The lowest BCUT2D eigenvalue weighted by Gasteiger charge is -2.11. The van der Waals surface area contributed by atoms with E-state index in [2.05, 4.69) is 15.6 Å². The molecule has 1 aliphatic rings. The van der Waals surface area contributed by atoms with Gasteiger partial charge < -0.3 is 15.4 Å². The molecule has 0 saturated carbocycles. The second-order valence-electron chi connectivity index (χ2n) is 4.50. The highest BCUT2D eigenvalue weighted by molar-refractivity contribution is 5.92. The van der Waals surface area contributed by atoms with Gasteiger partial charge in [-0.1, -0.05) is 0 Å². The average molecular weight is 322 g/mol. The van der Waals surface area contributed by atoms with Crippen molar-refractivity contribution in [3.05, 3.63) is 24.0 Å². The number of nitrogens with zero attached hydrogens (tertiary/aromatic N) is 1. The Labute approximate surface area is 131 Å². The molecule has 114 valence electrons. The van der Waals surface area contributed by atoms with Gasteiger partial charge in [-0.05, 0) is 31.4 Å². The summed E-state index contributed by atoms with van der Waals surface area (Å²) in [5.74, 6) is -0.0395. The summed E-state index contributed by atoms with van der Waals surface area (Å²) in [5.41, 5.74) is 1.78. The normalized spacial score (nSPS) is 16.9. The van der Waals surface area contributed by atoms with Crippen LogP contribution in [0.3, 0.4) is 0 Å². The minimum atomic E-state index is -0.0395. The van der Waals surface area contributed by atoms with E-state index in [1.807, 2.05) is 6.92 Å². The summed E-state index contributed by atoms with van der Waals surface area (Å²) >= 11 is 0. The zero-order valence-corrected chi connectivity index (χ0v) is 13.1. The Hall–Kier alpha value is -0.880. The lowest BCUT2D eigenvalue weighted by molar-refractivity contribution is -0.115. The number of aryl methyl sites for hydroxylation is 1. The van der Waals surface area contributed by atoms with E-state index in [9.17, 15) is 4.79 Å². The zero-order chi connectivity index (χ0) is 12.8. The molecule has 7 heteroatoms. The van der Waals surface area contributed by atoms with E-state index in [4.69, 9.17) is 4.74 Å². The fraction of sp³-hybridized carbons (Fsp3) is 0.538. The first-order valence-electron chi connectivity index (χ1n) is 6.28. The lowest BCUT2D eigenvalue weighted by atomic mass is 10.2. The van der Waals surface area contributed by atoms with E-state index < -0.39 is 0 Å². The van der Waals surface area contributed by atoms with Gasteiger partial charge in [0.05, 0.1) is 12.6 Å². The van der Waals surface area contributed by atoms with E-state index in [1.54, 1.807) is 18.5 Å². The molecule has 1 aromatic rings. The first-order valence-corrected chi connectivity index (χ1v) is 6.28. The highest BCUT2D eigenvalue weighted by Gasteiger charge is 2.15. The van der Waals surface area contributed by atoms with Crippen LogP contribution in [0.5, 0.6) is 0 Å². The Bertz CT molecular complexity index is 412. The van der Waals surface area contributed by atoms with Gasteiger partial charge in [-0.15, -0.1) is 24.8 Å². The third kappa shape index (κ3) is 6.05. The quantitative estimate of drug-likeness (QED) is 0.870. The second kappa shape index (κ2) is 9.94. The number of ether oxygens (including phenoxy) is 1. The molecule has 0 aliphatic carbocycles. The number of hydrogen-bond acceptors (Lipinski definition) is 4. The van der Waals surface area contributed by atoms with E-state index in [-0.39, 0.29) is 36.8 Å². The van der Waals surface area contributed by atoms with Crippen LogP contribution in [0.25, 0.3) is 0 Å². The summed E-state index contributed by atoms with van der Waals surface area (Å²) in [5, 5.41) is 5.97. The van der Waals surface area contributed by atoms with Gasteiger partial charge in [-0.2, -0.15) is 0 Å². The summed E-state index contributed by atoms with van der Waals surface area (Å²) in [4.78, 5) is 15.7. The number of amides is 1. The van der Waals surface area contributed by atoms with Crippen molar-refractivity contribution >= 4 is 36.4 Å². The number of pyridine rings is 1. The molecule has 1 fully saturated rings. The molecule has 2 heterocycles. The van der Waals surface area contributed by atoms with Crippen molar-refractivity contribution in [2.45, 2.75) is 25.9 Å². The van der Waals surface area contributed by atoms with E-state index >= 15 is 0 Å². The maximum absolute atomic E-state index is 11.7. The molecular formula is C13H21Cl2N3O2. The maximum Gasteiger partial charge on any atom is 0.238 e. The number of carbonyl (C=O) groups excluding carboxylic acids is 1.